The van der Waals surface area contributed by atoms with E-state index in [9.17, 15) is 8.42 Å². The van der Waals surface area contributed by atoms with Crippen LogP contribution in [0.25, 0.3) is 0 Å². The molecular weight excluding hydrogens is 354 g/mol. The Balaban J connectivity index is 2.45. The standard InChI is InChI=1S/C15H16BrNO3S/c1-10-4-6-13(12(16)8-10)17-21(18,19)15-9-11(2)5-7-14(15)20-3/h4-9,17H,1-3H3. The molecule has 0 heterocycles. The quantitative estimate of drug-likeness (QED) is 0.889. The van der Waals surface area contributed by atoms with Crippen molar-refractivity contribution in [3.05, 3.63) is 52.0 Å². The lowest BCUT2D eigenvalue weighted by molar-refractivity contribution is 0.402. The molecule has 0 aliphatic rings. The lowest BCUT2D eigenvalue weighted by Gasteiger charge is -2.13. The monoisotopic (exact) mass is 369 g/mol. The highest BCUT2D eigenvalue weighted by Gasteiger charge is 2.20. The summed E-state index contributed by atoms with van der Waals surface area (Å²) in [5, 5.41) is 0. The lowest BCUT2D eigenvalue weighted by Crippen LogP contribution is -2.14. The Labute approximate surface area is 133 Å². The van der Waals surface area contributed by atoms with Gasteiger partial charge in [-0.15, -0.1) is 0 Å². The average molecular weight is 370 g/mol. The number of anilines is 1. The summed E-state index contributed by atoms with van der Waals surface area (Å²) in [7, 11) is -2.27. The third-order valence-electron chi connectivity index (χ3n) is 2.98. The Morgan fingerprint density at radius 1 is 1.05 bits per heavy atom. The Kier molecular flexibility index (Phi) is 4.58. The topological polar surface area (TPSA) is 55.4 Å². The molecule has 2 aromatic carbocycles. The van der Waals surface area contributed by atoms with Crippen LogP contribution in [0.3, 0.4) is 0 Å². The van der Waals surface area contributed by atoms with Crippen LogP contribution in [0.5, 0.6) is 5.75 Å². The Morgan fingerprint density at radius 2 is 1.67 bits per heavy atom. The first-order valence-corrected chi connectivity index (χ1v) is 8.55. The van der Waals surface area contributed by atoms with Gasteiger partial charge in [-0.1, -0.05) is 12.1 Å². The highest BCUT2D eigenvalue weighted by molar-refractivity contribution is 9.10. The minimum atomic E-state index is -3.72. The highest BCUT2D eigenvalue weighted by Crippen LogP contribution is 2.30. The van der Waals surface area contributed by atoms with E-state index in [-0.39, 0.29) is 4.90 Å². The van der Waals surface area contributed by atoms with Crippen molar-refractivity contribution in [2.45, 2.75) is 18.7 Å². The predicted molar refractivity (Wildman–Crippen MR) is 87.4 cm³/mol. The van der Waals surface area contributed by atoms with Crippen LogP contribution >= 0.6 is 15.9 Å². The minimum Gasteiger partial charge on any atom is -0.495 e. The van der Waals surface area contributed by atoms with E-state index in [0.717, 1.165) is 11.1 Å². The number of rotatable bonds is 4. The van der Waals surface area contributed by atoms with Crippen LogP contribution in [0, 0.1) is 13.8 Å². The fraction of sp³-hybridized carbons (Fsp3) is 0.200. The van der Waals surface area contributed by atoms with E-state index in [2.05, 4.69) is 20.7 Å². The van der Waals surface area contributed by atoms with Gasteiger partial charge >= 0.3 is 0 Å². The van der Waals surface area contributed by atoms with E-state index in [4.69, 9.17) is 4.74 Å². The molecule has 0 atom stereocenters. The molecule has 1 N–H and O–H groups in total. The molecule has 2 aromatic rings. The van der Waals surface area contributed by atoms with Crippen LogP contribution in [-0.4, -0.2) is 15.5 Å². The number of hydrogen-bond donors (Lipinski definition) is 1. The van der Waals surface area contributed by atoms with E-state index in [1.165, 1.54) is 7.11 Å². The van der Waals surface area contributed by atoms with E-state index in [0.29, 0.717) is 15.9 Å². The summed E-state index contributed by atoms with van der Waals surface area (Å²) in [6.45, 7) is 3.77. The van der Waals surface area contributed by atoms with Gasteiger partial charge < -0.3 is 4.74 Å². The van der Waals surface area contributed by atoms with Crippen molar-refractivity contribution in [1.82, 2.24) is 0 Å². The summed E-state index contributed by atoms with van der Waals surface area (Å²) in [6, 6.07) is 10.5. The van der Waals surface area contributed by atoms with Gasteiger partial charge in [0.25, 0.3) is 10.0 Å². The van der Waals surface area contributed by atoms with Crippen molar-refractivity contribution >= 4 is 31.6 Å². The van der Waals surface area contributed by atoms with Crippen LogP contribution in [0.4, 0.5) is 5.69 Å². The number of nitrogens with one attached hydrogen (secondary N) is 1. The van der Waals surface area contributed by atoms with Crippen molar-refractivity contribution in [3.8, 4) is 5.75 Å². The van der Waals surface area contributed by atoms with Crippen molar-refractivity contribution in [3.63, 3.8) is 0 Å². The zero-order valence-electron chi connectivity index (χ0n) is 12.0. The fourth-order valence-corrected chi connectivity index (χ4v) is 3.95. The molecule has 0 radical (unpaired) electrons. The average Bonchev–Trinajstić information content (AvgIpc) is 2.42. The first-order valence-electron chi connectivity index (χ1n) is 6.27. The van der Waals surface area contributed by atoms with Gasteiger partial charge in [0.15, 0.2) is 0 Å². The summed E-state index contributed by atoms with van der Waals surface area (Å²) in [5.41, 5.74) is 2.38. The maximum atomic E-state index is 12.6. The normalized spacial score (nSPS) is 11.2. The summed E-state index contributed by atoms with van der Waals surface area (Å²) >= 11 is 3.36. The van der Waals surface area contributed by atoms with E-state index in [1.54, 1.807) is 24.3 Å². The third-order valence-corrected chi connectivity index (χ3v) is 5.02. The van der Waals surface area contributed by atoms with E-state index < -0.39 is 10.0 Å². The second-order valence-corrected chi connectivity index (χ2v) is 7.25. The number of ether oxygens (including phenoxy) is 1. The number of halogens is 1. The van der Waals surface area contributed by atoms with Gasteiger partial charge in [-0.3, -0.25) is 4.72 Å². The highest BCUT2D eigenvalue weighted by atomic mass is 79.9. The number of hydrogen-bond acceptors (Lipinski definition) is 3. The van der Waals surface area contributed by atoms with Gasteiger partial charge in [-0.05, 0) is 65.2 Å². The molecule has 0 amide bonds. The fourth-order valence-electron chi connectivity index (χ4n) is 1.90. The molecule has 2 rings (SSSR count). The van der Waals surface area contributed by atoms with E-state index >= 15 is 0 Å². The van der Waals surface area contributed by atoms with Crippen molar-refractivity contribution in [2.75, 3.05) is 11.8 Å². The van der Waals surface area contributed by atoms with Gasteiger partial charge in [-0.25, -0.2) is 8.42 Å². The SMILES string of the molecule is COc1ccc(C)cc1S(=O)(=O)Nc1ccc(C)cc1Br. The minimum absolute atomic E-state index is 0.123. The Morgan fingerprint density at radius 3 is 2.29 bits per heavy atom. The van der Waals surface area contributed by atoms with E-state index in [1.807, 2.05) is 26.0 Å². The molecule has 0 bridgehead atoms. The Hall–Kier alpha value is -1.53. The molecule has 0 saturated heterocycles. The van der Waals surface area contributed by atoms with Gasteiger partial charge in [0, 0.05) is 4.47 Å². The van der Waals surface area contributed by atoms with Crippen LogP contribution in [-0.2, 0) is 10.0 Å². The molecular formula is C15H16BrNO3S. The molecule has 0 aliphatic carbocycles. The van der Waals surface area contributed by atoms with Crippen molar-refractivity contribution in [2.24, 2.45) is 0 Å². The molecule has 0 unspecified atom stereocenters. The number of methoxy groups -OCH3 is 1. The second kappa shape index (κ2) is 6.07. The van der Waals surface area contributed by atoms with Gasteiger partial charge in [-0.2, -0.15) is 0 Å². The molecule has 4 nitrogen and oxygen atoms in total. The third kappa shape index (κ3) is 3.57. The van der Waals surface area contributed by atoms with Crippen LogP contribution in [0.1, 0.15) is 11.1 Å². The second-order valence-electron chi connectivity index (χ2n) is 4.74. The Bertz CT molecular complexity index is 772. The zero-order chi connectivity index (χ0) is 15.6. The summed E-state index contributed by atoms with van der Waals surface area (Å²) in [5.74, 6) is 0.316. The van der Waals surface area contributed by atoms with Gasteiger partial charge in [0.2, 0.25) is 0 Å². The first-order chi connectivity index (χ1) is 9.83. The van der Waals surface area contributed by atoms with Crippen LogP contribution < -0.4 is 9.46 Å². The van der Waals surface area contributed by atoms with Crippen molar-refractivity contribution < 1.29 is 13.2 Å². The summed E-state index contributed by atoms with van der Waals surface area (Å²) in [4.78, 5) is 0.123. The summed E-state index contributed by atoms with van der Waals surface area (Å²) in [6.07, 6.45) is 0. The lowest BCUT2D eigenvalue weighted by atomic mass is 10.2. The molecule has 0 spiro atoms. The van der Waals surface area contributed by atoms with Gasteiger partial charge in [0.05, 0.1) is 12.8 Å². The molecule has 112 valence electrons. The maximum absolute atomic E-state index is 12.6. The molecule has 0 aliphatic heterocycles. The first kappa shape index (κ1) is 15.9. The molecule has 21 heavy (non-hydrogen) atoms. The molecule has 6 heteroatoms. The van der Waals surface area contributed by atoms with Crippen molar-refractivity contribution in [1.29, 1.82) is 0 Å². The molecule has 0 aromatic heterocycles. The molecule has 0 saturated carbocycles. The summed E-state index contributed by atoms with van der Waals surface area (Å²) < 4.78 is 33.5. The largest absolute Gasteiger partial charge is 0.495 e. The zero-order valence-corrected chi connectivity index (χ0v) is 14.4. The number of sulfonamides is 1. The smallest absolute Gasteiger partial charge is 0.265 e. The number of benzene rings is 2. The maximum Gasteiger partial charge on any atom is 0.265 e. The van der Waals surface area contributed by atoms with Crippen LogP contribution in [0.15, 0.2) is 45.8 Å². The van der Waals surface area contributed by atoms with Gasteiger partial charge in [0.1, 0.15) is 10.6 Å². The molecule has 0 fully saturated rings. The van der Waals surface area contributed by atoms with Crippen LogP contribution in [0.2, 0.25) is 0 Å². The number of aryl methyl sites for hydroxylation is 2. The predicted octanol–water partition coefficient (Wildman–Crippen LogP) is 3.88.